The van der Waals surface area contributed by atoms with Crippen LogP contribution in [0.3, 0.4) is 0 Å². The Morgan fingerprint density at radius 1 is 1.30 bits per heavy atom. The van der Waals surface area contributed by atoms with Crippen LogP contribution in [0.1, 0.15) is 12.8 Å². The van der Waals surface area contributed by atoms with Gasteiger partial charge in [-0.25, -0.2) is 0 Å². The predicted molar refractivity (Wildman–Crippen MR) is 39.8 cm³/mol. The summed E-state index contributed by atoms with van der Waals surface area (Å²) >= 11 is 0. The molecule has 1 fully saturated rings. The highest BCUT2D eigenvalue weighted by molar-refractivity contribution is 5.45. The van der Waals surface area contributed by atoms with Gasteiger partial charge >= 0.3 is 0 Å². The zero-order valence-electron chi connectivity index (χ0n) is 6.67. The van der Waals surface area contributed by atoms with Gasteiger partial charge in [-0.3, -0.25) is 4.79 Å². The van der Waals surface area contributed by atoms with Crippen molar-refractivity contribution in [2.45, 2.75) is 12.8 Å². The van der Waals surface area contributed by atoms with E-state index in [0.29, 0.717) is 0 Å². The molecule has 0 aromatic carbocycles. The van der Waals surface area contributed by atoms with Crippen LogP contribution in [0.4, 0.5) is 0 Å². The standard InChI is InChI=1S/C4H8O.C3H7NO/c1-2-4-5-3-1;1-4(2)3-5/h1-4H2;3H,1-2H3. The van der Waals surface area contributed by atoms with Crippen LogP contribution in [0.25, 0.3) is 0 Å². The average Bonchev–Trinajstić information content (AvgIpc) is 2.43. The first-order valence-electron chi connectivity index (χ1n) is 3.47. The third kappa shape index (κ3) is 7.43. The number of amides is 1. The van der Waals surface area contributed by atoms with E-state index in [4.69, 9.17) is 4.74 Å². The molecular weight excluding hydrogens is 130 g/mol. The largest absolute Gasteiger partial charge is 0.381 e. The van der Waals surface area contributed by atoms with Crippen molar-refractivity contribution in [1.29, 1.82) is 0 Å². The predicted octanol–water partition coefficient (Wildman–Crippen LogP) is 0.501. The summed E-state index contributed by atoms with van der Waals surface area (Å²) in [6.07, 6.45) is 3.31. The fourth-order valence-electron chi connectivity index (χ4n) is 0.510. The number of nitrogens with zero attached hydrogens (tertiary/aromatic N) is 1. The molecule has 0 bridgehead atoms. The van der Waals surface area contributed by atoms with Gasteiger partial charge in [0.15, 0.2) is 0 Å². The van der Waals surface area contributed by atoms with Crippen molar-refractivity contribution in [2.24, 2.45) is 0 Å². The van der Waals surface area contributed by atoms with Gasteiger partial charge in [0, 0.05) is 27.3 Å². The van der Waals surface area contributed by atoms with Crippen LogP contribution in [0.5, 0.6) is 0 Å². The molecule has 1 heterocycles. The number of ether oxygens (including phenoxy) is 1. The molecular formula is C7H15NO2. The van der Waals surface area contributed by atoms with Crippen LogP contribution in [-0.4, -0.2) is 38.6 Å². The van der Waals surface area contributed by atoms with E-state index in [0.717, 1.165) is 19.6 Å². The molecule has 0 aromatic rings. The fraction of sp³-hybridized carbons (Fsp3) is 0.857. The lowest BCUT2D eigenvalue weighted by atomic mass is 10.4. The summed E-state index contributed by atoms with van der Waals surface area (Å²) in [5.74, 6) is 0. The zero-order chi connectivity index (χ0) is 7.82. The van der Waals surface area contributed by atoms with Crippen molar-refractivity contribution in [2.75, 3.05) is 27.3 Å². The lowest BCUT2D eigenvalue weighted by Gasteiger charge is -1.93. The second-order valence-corrected chi connectivity index (χ2v) is 2.39. The average molecular weight is 145 g/mol. The molecule has 1 rings (SSSR count). The van der Waals surface area contributed by atoms with Crippen molar-refractivity contribution in [3.63, 3.8) is 0 Å². The minimum absolute atomic E-state index is 0.750. The zero-order valence-corrected chi connectivity index (χ0v) is 6.67. The van der Waals surface area contributed by atoms with Gasteiger partial charge in [0.2, 0.25) is 6.41 Å². The van der Waals surface area contributed by atoms with E-state index in [1.165, 1.54) is 17.7 Å². The molecule has 0 aliphatic carbocycles. The van der Waals surface area contributed by atoms with Crippen molar-refractivity contribution in [1.82, 2.24) is 4.90 Å². The highest BCUT2D eigenvalue weighted by Gasteiger charge is 1.94. The number of carbonyl (C=O) groups excluding carboxylic acids is 1. The van der Waals surface area contributed by atoms with Gasteiger partial charge in [0.05, 0.1) is 0 Å². The van der Waals surface area contributed by atoms with Crippen LogP contribution < -0.4 is 0 Å². The smallest absolute Gasteiger partial charge is 0.209 e. The first-order valence-corrected chi connectivity index (χ1v) is 3.47. The van der Waals surface area contributed by atoms with E-state index in [1.54, 1.807) is 14.1 Å². The third-order valence-corrected chi connectivity index (χ3v) is 1.04. The van der Waals surface area contributed by atoms with E-state index in [9.17, 15) is 4.79 Å². The molecule has 0 N–H and O–H groups in total. The Hall–Kier alpha value is -0.570. The fourth-order valence-corrected chi connectivity index (χ4v) is 0.510. The van der Waals surface area contributed by atoms with Gasteiger partial charge in [-0.2, -0.15) is 0 Å². The van der Waals surface area contributed by atoms with Gasteiger partial charge in [-0.05, 0) is 12.8 Å². The van der Waals surface area contributed by atoms with E-state index in [-0.39, 0.29) is 0 Å². The SMILES string of the molecule is C1CCOC1.CN(C)C=O. The molecule has 0 unspecified atom stereocenters. The first-order chi connectivity index (χ1) is 4.77. The van der Waals surface area contributed by atoms with Crippen molar-refractivity contribution < 1.29 is 9.53 Å². The maximum absolute atomic E-state index is 9.43. The summed E-state index contributed by atoms with van der Waals surface area (Å²) in [7, 11) is 3.38. The van der Waals surface area contributed by atoms with E-state index >= 15 is 0 Å². The normalized spacial score (nSPS) is 15.4. The second-order valence-electron chi connectivity index (χ2n) is 2.39. The second kappa shape index (κ2) is 6.55. The number of rotatable bonds is 1. The highest BCUT2D eigenvalue weighted by Crippen LogP contribution is 1.98. The monoisotopic (exact) mass is 145 g/mol. The maximum Gasteiger partial charge on any atom is 0.209 e. The summed E-state index contributed by atoms with van der Waals surface area (Å²) in [6, 6.07) is 0. The Morgan fingerprint density at radius 3 is 1.80 bits per heavy atom. The maximum atomic E-state index is 9.43. The van der Waals surface area contributed by atoms with Crippen LogP contribution in [0, 0.1) is 0 Å². The Labute approximate surface area is 62.0 Å². The molecule has 0 aromatic heterocycles. The molecule has 3 heteroatoms. The number of hydrogen-bond acceptors (Lipinski definition) is 2. The molecule has 3 nitrogen and oxygen atoms in total. The lowest BCUT2D eigenvalue weighted by Crippen LogP contribution is -2.06. The molecule has 60 valence electrons. The summed E-state index contributed by atoms with van der Waals surface area (Å²) in [6.45, 7) is 2.00. The van der Waals surface area contributed by atoms with Crippen molar-refractivity contribution >= 4 is 6.41 Å². The van der Waals surface area contributed by atoms with Gasteiger partial charge in [0.25, 0.3) is 0 Å². The highest BCUT2D eigenvalue weighted by atomic mass is 16.5. The molecule has 0 atom stereocenters. The molecule has 1 aliphatic heterocycles. The summed E-state index contributed by atoms with van der Waals surface area (Å²) in [5, 5.41) is 0. The van der Waals surface area contributed by atoms with Gasteiger partial charge in [-0.15, -0.1) is 0 Å². The Balaban J connectivity index is 0.000000162. The molecule has 10 heavy (non-hydrogen) atoms. The van der Waals surface area contributed by atoms with Gasteiger partial charge < -0.3 is 9.64 Å². The third-order valence-electron chi connectivity index (χ3n) is 1.04. The quantitative estimate of drug-likeness (QED) is 0.503. The molecule has 1 amide bonds. The van der Waals surface area contributed by atoms with Crippen molar-refractivity contribution in [3.05, 3.63) is 0 Å². The Morgan fingerprint density at radius 2 is 1.70 bits per heavy atom. The summed E-state index contributed by atoms with van der Waals surface area (Å²) < 4.78 is 4.94. The minimum atomic E-state index is 0.750. The lowest BCUT2D eigenvalue weighted by molar-refractivity contribution is -0.115. The number of hydrogen-bond donors (Lipinski definition) is 0. The van der Waals surface area contributed by atoms with E-state index in [2.05, 4.69) is 0 Å². The van der Waals surface area contributed by atoms with Gasteiger partial charge in [0.1, 0.15) is 0 Å². The van der Waals surface area contributed by atoms with Crippen LogP contribution in [0.15, 0.2) is 0 Å². The first kappa shape index (κ1) is 9.43. The van der Waals surface area contributed by atoms with Crippen LogP contribution >= 0.6 is 0 Å². The van der Waals surface area contributed by atoms with Gasteiger partial charge in [-0.1, -0.05) is 0 Å². The van der Waals surface area contributed by atoms with E-state index in [1.807, 2.05) is 0 Å². The molecule has 0 radical (unpaired) electrons. The molecule has 0 spiro atoms. The van der Waals surface area contributed by atoms with Crippen LogP contribution in [-0.2, 0) is 9.53 Å². The molecule has 1 saturated heterocycles. The Bertz CT molecular complexity index is 72.1. The Kier molecular flexibility index (Phi) is 6.18. The van der Waals surface area contributed by atoms with Crippen molar-refractivity contribution in [3.8, 4) is 0 Å². The van der Waals surface area contributed by atoms with Crippen LogP contribution in [0.2, 0.25) is 0 Å². The van der Waals surface area contributed by atoms with E-state index < -0.39 is 0 Å². The summed E-state index contributed by atoms with van der Waals surface area (Å²) in [5.41, 5.74) is 0. The minimum Gasteiger partial charge on any atom is -0.381 e. The summed E-state index contributed by atoms with van der Waals surface area (Å²) in [4.78, 5) is 10.9. The molecule has 0 saturated carbocycles. The molecule has 1 aliphatic rings. The number of carbonyl (C=O) groups is 1. The topological polar surface area (TPSA) is 29.5 Å².